The van der Waals surface area contributed by atoms with Crippen molar-refractivity contribution in [3.63, 3.8) is 0 Å². The molecule has 0 bridgehead atoms. The maximum absolute atomic E-state index is 12.7. The van der Waals surface area contributed by atoms with Gasteiger partial charge in [0.15, 0.2) is 0 Å². The lowest BCUT2D eigenvalue weighted by Gasteiger charge is -2.32. The fourth-order valence-corrected chi connectivity index (χ4v) is 3.61. The van der Waals surface area contributed by atoms with E-state index in [2.05, 4.69) is 6.92 Å². The summed E-state index contributed by atoms with van der Waals surface area (Å²) in [4.78, 5) is 26.1. The Kier molecular flexibility index (Phi) is 5.63. The minimum Gasteiger partial charge on any atom is -0.491 e. The van der Waals surface area contributed by atoms with Gasteiger partial charge in [0.2, 0.25) is 0 Å². The van der Waals surface area contributed by atoms with E-state index in [0.29, 0.717) is 30.4 Å². The predicted octanol–water partition coefficient (Wildman–Crippen LogP) is 4.16. The molecule has 6 heteroatoms. The van der Waals surface area contributed by atoms with E-state index < -0.39 is 5.60 Å². The lowest BCUT2D eigenvalue weighted by atomic mass is 9.99. The van der Waals surface area contributed by atoms with Crippen molar-refractivity contribution in [1.82, 2.24) is 4.90 Å². The van der Waals surface area contributed by atoms with Gasteiger partial charge in [-0.25, -0.2) is 9.59 Å². The number of benzene rings is 1. The third-order valence-corrected chi connectivity index (χ3v) is 4.94. The van der Waals surface area contributed by atoms with E-state index in [0.717, 1.165) is 24.8 Å². The van der Waals surface area contributed by atoms with E-state index in [1.165, 1.54) is 0 Å². The van der Waals surface area contributed by atoms with Crippen LogP contribution in [0.4, 0.5) is 4.79 Å². The minimum atomic E-state index is -0.521. The van der Waals surface area contributed by atoms with Crippen molar-refractivity contribution in [2.45, 2.75) is 65.2 Å². The van der Waals surface area contributed by atoms with Crippen LogP contribution in [-0.2, 0) is 16.1 Å². The van der Waals surface area contributed by atoms with Crippen LogP contribution in [0.1, 0.15) is 62.9 Å². The highest BCUT2D eigenvalue weighted by Gasteiger charge is 2.32. The Morgan fingerprint density at radius 1 is 1.33 bits per heavy atom. The third-order valence-electron chi connectivity index (χ3n) is 4.94. The fraction of sp³-hybridized carbons (Fsp3) is 0.619. The first-order valence-corrected chi connectivity index (χ1v) is 9.65. The summed E-state index contributed by atoms with van der Waals surface area (Å²) < 4.78 is 16.6. The first-order chi connectivity index (χ1) is 12.7. The highest BCUT2D eigenvalue weighted by atomic mass is 16.6. The highest BCUT2D eigenvalue weighted by Crippen LogP contribution is 2.27. The second-order valence-electron chi connectivity index (χ2n) is 8.52. The molecule has 0 spiro atoms. The molecule has 1 aromatic rings. The van der Waals surface area contributed by atoms with Crippen LogP contribution in [0.2, 0.25) is 0 Å². The highest BCUT2D eigenvalue weighted by molar-refractivity contribution is 5.93. The summed E-state index contributed by atoms with van der Waals surface area (Å²) in [6.07, 6.45) is 2.66. The summed E-state index contributed by atoms with van der Waals surface area (Å²) >= 11 is 0. The molecule has 0 N–H and O–H groups in total. The molecule has 1 fully saturated rings. The van der Waals surface area contributed by atoms with Gasteiger partial charge in [-0.05, 0) is 64.2 Å². The molecule has 27 heavy (non-hydrogen) atoms. The second kappa shape index (κ2) is 7.79. The fourth-order valence-electron chi connectivity index (χ4n) is 3.61. The molecule has 1 aromatic carbocycles. The minimum absolute atomic E-state index is 0.0384. The predicted molar refractivity (Wildman–Crippen MR) is 101 cm³/mol. The van der Waals surface area contributed by atoms with Gasteiger partial charge in [0.25, 0.3) is 0 Å². The van der Waals surface area contributed by atoms with E-state index in [1.54, 1.807) is 12.1 Å². The van der Waals surface area contributed by atoms with Crippen LogP contribution >= 0.6 is 0 Å². The Bertz CT molecular complexity index is 709. The van der Waals surface area contributed by atoms with Crippen molar-refractivity contribution < 1.29 is 23.8 Å². The molecule has 0 radical (unpaired) electrons. The number of nitrogens with zero attached hydrogens (tertiary/aromatic N) is 1. The summed E-state index contributed by atoms with van der Waals surface area (Å²) in [6, 6.07) is 5.33. The van der Waals surface area contributed by atoms with Crippen LogP contribution in [0, 0.1) is 5.92 Å². The Hall–Kier alpha value is -2.24. The lowest BCUT2D eigenvalue weighted by molar-refractivity contribution is 0.0109. The zero-order valence-corrected chi connectivity index (χ0v) is 16.6. The van der Waals surface area contributed by atoms with Gasteiger partial charge in [-0.1, -0.05) is 6.92 Å². The van der Waals surface area contributed by atoms with E-state index in [4.69, 9.17) is 14.2 Å². The number of hydrogen-bond acceptors (Lipinski definition) is 5. The van der Waals surface area contributed by atoms with Crippen LogP contribution < -0.4 is 4.74 Å². The quantitative estimate of drug-likeness (QED) is 0.742. The van der Waals surface area contributed by atoms with Gasteiger partial charge in [-0.2, -0.15) is 0 Å². The van der Waals surface area contributed by atoms with Crippen molar-refractivity contribution in [3.8, 4) is 5.75 Å². The van der Waals surface area contributed by atoms with Crippen molar-refractivity contribution in [1.29, 1.82) is 0 Å². The molecule has 2 atom stereocenters. The molecule has 0 aromatic heterocycles. The zero-order valence-electron chi connectivity index (χ0n) is 16.6. The molecule has 6 nitrogen and oxygen atoms in total. The van der Waals surface area contributed by atoms with Gasteiger partial charge in [-0.3, -0.25) is 0 Å². The molecule has 2 heterocycles. The Balaban J connectivity index is 1.69. The topological polar surface area (TPSA) is 65.1 Å². The van der Waals surface area contributed by atoms with Crippen LogP contribution in [-0.4, -0.2) is 41.8 Å². The van der Waals surface area contributed by atoms with E-state index in [1.807, 2.05) is 31.7 Å². The van der Waals surface area contributed by atoms with Gasteiger partial charge in [0.05, 0.1) is 11.6 Å². The molecule has 0 aliphatic carbocycles. The van der Waals surface area contributed by atoms with E-state index in [-0.39, 0.29) is 24.7 Å². The monoisotopic (exact) mass is 375 g/mol. The van der Waals surface area contributed by atoms with Crippen LogP contribution in [0.3, 0.4) is 0 Å². The number of esters is 1. The molecular weight excluding hydrogens is 346 g/mol. The molecule has 148 valence electrons. The number of cyclic esters (lactones) is 1. The summed E-state index contributed by atoms with van der Waals surface area (Å²) in [5, 5.41) is 0. The molecule has 2 aliphatic heterocycles. The average molecular weight is 375 g/mol. The number of hydrogen-bond donors (Lipinski definition) is 0. The summed E-state index contributed by atoms with van der Waals surface area (Å²) in [7, 11) is 0. The number of fused-ring (bicyclic) bond motifs is 1. The second-order valence-corrected chi connectivity index (χ2v) is 8.52. The number of carbonyl (C=O) groups excluding carboxylic acids is 2. The van der Waals surface area contributed by atoms with Gasteiger partial charge in [-0.15, -0.1) is 0 Å². The molecule has 1 saturated heterocycles. The number of carbonyl (C=O) groups is 2. The van der Waals surface area contributed by atoms with Gasteiger partial charge in [0, 0.05) is 12.1 Å². The molecule has 0 saturated carbocycles. The van der Waals surface area contributed by atoms with Gasteiger partial charge >= 0.3 is 12.1 Å². The first kappa shape index (κ1) is 19.5. The molecule has 2 aliphatic rings. The van der Waals surface area contributed by atoms with Crippen molar-refractivity contribution in [2.75, 3.05) is 13.2 Å². The standard InChI is InChI=1S/C21H29NO5/c1-14-6-5-9-22(20(24)27-21(2,3)4)16(10-14)13-25-17-7-8-18-15(11-17)12-26-19(18)23/h7-8,11,14,16H,5-6,9-10,12-13H2,1-4H3. The number of ether oxygens (including phenoxy) is 3. The normalized spacial score (nSPS) is 22.7. The largest absolute Gasteiger partial charge is 0.491 e. The molecular formula is C21H29NO5. The zero-order chi connectivity index (χ0) is 19.6. The maximum Gasteiger partial charge on any atom is 0.410 e. The van der Waals surface area contributed by atoms with Gasteiger partial charge < -0.3 is 19.1 Å². The summed E-state index contributed by atoms with van der Waals surface area (Å²) in [6.45, 7) is 9.22. The van der Waals surface area contributed by atoms with Crippen LogP contribution in [0.15, 0.2) is 18.2 Å². The van der Waals surface area contributed by atoms with E-state index >= 15 is 0 Å². The Morgan fingerprint density at radius 2 is 2.11 bits per heavy atom. The lowest BCUT2D eigenvalue weighted by Crippen LogP contribution is -2.46. The summed E-state index contributed by atoms with van der Waals surface area (Å²) in [5.74, 6) is 0.926. The van der Waals surface area contributed by atoms with Crippen molar-refractivity contribution >= 4 is 12.1 Å². The van der Waals surface area contributed by atoms with Crippen molar-refractivity contribution in [3.05, 3.63) is 29.3 Å². The van der Waals surface area contributed by atoms with Crippen molar-refractivity contribution in [2.24, 2.45) is 5.92 Å². The summed E-state index contributed by atoms with van der Waals surface area (Å²) in [5.41, 5.74) is 0.920. The molecule has 1 amide bonds. The Morgan fingerprint density at radius 3 is 2.85 bits per heavy atom. The molecule has 3 rings (SSSR count). The maximum atomic E-state index is 12.7. The van der Waals surface area contributed by atoms with E-state index in [9.17, 15) is 9.59 Å². The number of likely N-dealkylation sites (tertiary alicyclic amines) is 1. The first-order valence-electron chi connectivity index (χ1n) is 9.65. The smallest absolute Gasteiger partial charge is 0.410 e. The SMILES string of the molecule is CC1CCCN(C(=O)OC(C)(C)C)C(COc2ccc3c(c2)COC3=O)C1. The van der Waals surface area contributed by atoms with Crippen LogP contribution in [0.5, 0.6) is 5.75 Å². The Labute approximate surface area is 160 Å². The third kappa shape index (κ3) is 4.93. The average Bonchev–Trinajstić information content (AvgIpc) is 2.83. The number of rotatable bonds is 3. The van der Waals surface area contributed by atoms with Gasteiger partial charge in [0.1, 0.15) is 24.6 Å². The molecule has 2 unspecified atom stereocenters. The number of amides is 1. The van der Waals surface area contributed by atoms with Crippen LogP contribution in [0.25, 0.3) is 0 Å².